The fourth-order valence-electron chi connectivity index (χ4n) is 9.77. The van der Waals surface area contributed by atoms with E-state index in [4.69, 9.17) is 9.47 Å². The van der Waals surface area contributed by atoms with E-state index in [0.29, 0.717) is 48.7 Å². The van der Waals surface area contributed by atoms with E-state index >= 15 is 0 Å². The van der Waals surface area contributed by atoms with Gasteiger partial charge in [-0.1, -0.05) is 20.8 Å². The molecule has 6 nitrogen and oxygen atoms in total. The first-order chi connectivity index (χ1) is 17.1. The maximum atomic E-state index is 13.5. The minimum Gasteiger partial charge on any atom is -0.481 e. The lowest BCUT2D eigenvalue weighted by atomic mass is 9.41. The molecule has 0 aromatic heterocycles. The van der Waals surface area contributed by atoms with Gasteiger partial charge in [0.25, 0.3) is 0 Å². The number of hydrogen-bond donors (Lipinski definition) is 1. The summed E-state index contributed by atoms with van der Waals surface area (Å²) in [5.41, 5.74) is 0.292. The summed E-state index contributed by atoms with van der Waals surface area (Å²) in [7, 11) is 0. The third kappa shape index (κ3) is 4.71. The van der Waals surface area contributed by atoms with Gasteiger partial charge in [-0.3, -0.25) is 14.4 Å². The number of carboxylic acids is 1. The first-order valence-corrected chi connectivity index (χ1v) is 14.6. The third-order valence-corrected chi connectivity index (χ3v) is 11.5. The van der Waals surface area contributed by atoms with Crippen molar-refractivity contribution >= 4 is 17.9 Å². The maximum absolute atomic E-state index is 13.5. The largest absolute Gasteiger partial charge is 0.481 e. The number of carboxylic acid groups (broad SMARTS) is 1. The molecule has 4 rings (SSSR count). The summed E-state index contributed by atoms with van der Waals surface area (Å²) in [5, 5.41) is 9.24. The van der Waals surface area contributed by atoms with Gasteiger partial charge in [-0.05, 0) is 118 Å². The molecule has 0 unspecified atom stereocenters. The molecular formula is C30H48O6. The smallest absolute Gasteiger partial charge is 0.309 e. The van der Waals surface area contributed by atoms with Crippen molar-refractivity contribution in [1.82, 2.24) is 0 Å². The van der Waals surface area contributed by atoms with Crippen LogP contribution < -0.4 is 0 Å². The van der Waals surface area contributed by atoms with Crippen molar-refractivity contribution in [3.63, 3.8) is 0 Å². The molecule has 0 heterocycles. The van der Waals surface area contributed by atoms with Crippen molar-refractivity contribution in [2.24, 2.45) is 58.2 Å². The van der Waals surface area contributed by atoms with Gasteiger partial charge >= 0.3 is 17.9 Å². The van der Waals surface area contributed by atoms with Crippen molar-refractivity contribution in [3.8, 4) is 0 Å². The Morgan fingerprint density at radius 3 is 2.19 bits per heavy atom. The van der Waals surface area contributed by atoms with Crippen molar-refractivity contribution in [1.29, 1.82) is 0 Å². The average Bonchev–Trinajstić information content (AvgIpc) is 3.19. The number of aliphatic carboxylic acids is 1. The molecule has 0 aromatic carbocycles. The molecule has 0 spiro atoms. The second kappa shape index (κ2) is 10.6. The highest BCUT2D eigenvalue weighted by molar-refractivity contribution is 5.74. The number of ether oxygens (including phenoxy) is 2. The molecule has 0 radical (unpaired) electrons. The molecule has 0 saturated heterocycles. The van der Waals surface area contributed by atoms with Crippen LogP contribution in [0.25, 0.3) is 0 Å². The van der Waals surface area contributed by atoms with Crippen molar-refractivity contribution in [2.45, 2.75) is 98.8 Å². The zero-order valence-corrected chi connectivity index (χ0v) is 23.1. The van der Waals surface area contributed by atoms with Crippen LogP contribution in [0.5, 0.6) is 0 Å². The molecule has 0 aromatic rings. The Morgan fingerprint density at radius 2 is 1.53 bits per heavy atom. The van der Waals surface area contributed by atoms with Gasteiger partial charge in [0.1, 0.15) is 0 Å². The first-order valence-electron chi connectivity index (χ1n) is 14.6. The number of rotatable bonds is 8. The molecule has 4 saturated carbocycles. The molecule has 204 valence electrons. The molecule has 4 aliphatic rings. The van der Waals surface area contributed by atoms with E-state index < -0.39 is 5.97 Å². The Hall–Kier alpha value is -1.59. The highest BCUT2D eigenvalue weighted by Gasteiger charge is 2.64. The fourth-order valence-corrected chi connectivity index (χ4v) is 9.77. The predicted molar refractivity (Wildman–Crippen MR) is 137 cm³/mol. The molecule has 0 bridgehead atoms. The van der Waals surface area contributed by atoms with Crippen molar-refractivity contribution in [2.75, 3.05) is 13.2 Å². The zero-order valence-electron chi connectivity index (χ0n) is 23.1. The molecule has 1 N–H and O–H groups in total. The monoisotopic (exact) mass is 504 g/mol. The van der Waals surface area contributed by atoms with E-state index in [1.165, 1.54) is 0 Å². The summed E-state index contributed by atoms with van der Waals surface area (Å²) in [6.45, 7) is 11.7. The summed E-state index contributed by atoms with van der Waals surface area (Å²) in [6.07, 6.45) is 9.05. The van der Waals surface area contributed by atoms with E-state index in [9.17, 15) is 19.5 Å². The molecule has 0 aliphatic heterocycles. The molecule has 4 fully saturated rings. The van der Waals surface area contributed by atoms with Gasteiger partial charge in [0, 0.05) is 6.42 Å². The Labute approximate surface area is 217 Å². The van der Waals surface area contributed by atoms with Crippen LogP contribution in [0.1, 0.15) is 98.8 Å². The molecule has 6 heteroatoms. The number of esters is 2. The summed E-state index contributed by atoms with van der Waals surface area (Å²) < 4.78 is 11.1. The second-order valence-electron chi connectivity index (χ2n) is 12.9. The van der Waals surface area contributed by atoms with Crippen LogP contribution in [0.4, 0.5) is 0 Å². The van der Waals surface area contributed by atoms with Crippen LogP contribution >= 0.6 is 0 Å². The van der Waals surface area contributed by atoms with Crippen LogP contribution in [0.2, 0.25) is 0 Å². The van der Waals surface area contributed by atoms with Gasteiger partial charge in [0.2, 0.25) is 0 Å². The topological polar surface area (TPSA) is 89.9 Å². The lowest BCUT2D eigenvalue weighted by Crippen LogP contribution is -2.58. The SMILES string of the molecule is CCOC(=O)[C@@H]1CC[C@@]2(C)[C@@H](C1)C[C@H](C(=O)OCC)[C@@H]1[C@@H]2CC[C@]2(C)[C@@H]([C@H](C)CCC(=O)O)CC[C@@H]12. The van der Waals surface area contributed by atoms with E-state index in [1.807, 2.05) is 13.8 Å². The minimum atomic E-state index is -0.711. The van der Waals surface area contributed by atoms with Crippen LogP contribution in [0.3, 0.4) is 0 Å². The van der Waals surface area contributed by atoms with Crippen molar-refractivity contribution in [3.05, 3.63) is 0 Å². The number of carbonyl (C=O) groups excluding carboxylic acids is 2. The number of fused-ring (bicyclic) bond motifs is 5. The standard InChI is InChI=1S/C30H48O6/c1-6-35-27(33)19-12-14-29(4)20(16-19)17-21(28(34)36-7-2)26-23-10-9-22(18(3)8-11-25(31)32)30(23,5)15-13-24(26)29/h18-24,26H,6-17H2,1-5H3,(H,31,32)/t18-,19-,20+,21+,22-,23+,24+,26+,29+,30-/m1/s1. The fraction of sp³-hybridized carbons (Fsp3) is 0.900. The van der Waals surface area contributed by atoms with Gasteiger partial charge < -0.3 is 14.6 Å². The van der Waals surface area contributed by atoms with Gasteiger partial charge in [0.05, 0.1) is 25.0 Å². The summed E-state index contributed by atoms with van der Waals surface area (Å²) in [4.78, 5) is 37.3. The van der Waals surface area contributed by atoms with Gasteiger partial charge in [-0.15, -0.1) is 0 Å². The van der Waals surface area contributed by atoms with Crippen LogP contribution in [-0.2, 0) is 23.9 Å². The van der Waals surface area contributed by atoms with Crippen molar-refractivity contribution < 1.29 is 29.0 Å². The van der Waals surface area contributed by atoms with E-state index in [1.54, 1.807) is 0 Å². The maximum Gasteiger partial charge on any atom is 0.309 e. The number of hydrogen-bond acceptors (Lipinski definition) is 5. The lowest BCUT2D eigenvalue weighted by molar-refractivity contribution is -0.181. The third-order valence-electron chi connectivity index (χ3n) is 11.5. The van der Waals surface area contributed by atoms with Gasteiger partial charge in [-0.2, -0.15) is 0 Å². The highest BCUT2D eigenvalue weighted by atomic mass is 16.5. The summed E-state index contributed by atoms with van der Waals surface area (Å²) in [5.74, 6) is 1.51. The Balaban J connectivity index is 1.61. The van der Waals surface area contributed by atoms with Crippen LogP contribution in [0, 0.1) is 58.2 Å². The lowest BCUT2D eigenvalue weighted by Gasteiger charge is -2.63. The summed E-state index contributed by atoms with van der Waals surface area (Å²) >= 11 is 0. The Kier molecular flexibility index (Phi) is 8.12. The number of carbonyl (C=O) groups is 3. The Morgan fingerprint density at radius 1 is 0.889 bits per heavy atom. The van der Waals surface area contributed by atoms with Crippen LogP contribution in [-0.4, -0.2) is 36.2 Å². The normalized spacial score (nSPS) is 42.4. The Bertz CT molecular complexity index is 839. The first kappa shape index (κ1) is 27.4. The van der Waals surface area contributed by atoms with Gasteiger partial charge in [-0.25, -0.2) is 0 Å². The second-order valence-corrected chi connectivity index (χ2v) is 12.9. The molecular weight excluding hydrogens is 456 g/mol. The average molecular weight is 505 g/mol. The molecule has 36 heavy (non-hydrogen) atoms. The van der Waals surface area contributed by atoms with E-state index in [-0.39, 0.29) is 41.0 Å². The molecule has 0 amide bonds. The zero-order chi connectivity index (χ0) is 26.3. The molecule has 10 atom stereocenters. The van der Waals surface area contributed by atoms with E-state index in [2.05, 4.69) is 20.8 Å². The summed E-state index contributed by atoms with van der Waals surface area (Å²) in [6, 6.07) is 0. The van der Waals surface area contributed by atoms with Gasteiger partial charge in [0.15, 0.2) is 0 Å². The molecule has 4 aliphatic carbocycles. The van der Waals surface area contributed by atoms with Crippen LogP contribution in [0.15, 0.2) is 0 Å². The minimum absolute atomic E-state index is 0.0422. The van der Waals surface area contributed by atoms with E-state index in [0.717, 1.165) is 57.8 Å². The quantitative estimate of drug-likeness (QED) is 0.401. The predicted octanol–water partition coefficient (Wildman–Crippen LogP) is 6.11. The highest BCUT2D eigenvalue weighted by Crippen LogP contribution is 2.70.